The smallest absolute Gasteiger partial charge is 0.410 e. The third-order valence-corrected chi connectivity index (χ3v) is 5.84. The molecule has 1 unspecified atom stereocenters. The Morgan fingerprint density at radius 2 is 1.84 bits per heavy atom. The number of amides is 1. The maximum Gasteiger partial charge on any atom is 0.410 e. The molecule has 2 aromatic carbocycles. The summed E-state index contributed by atoms with van der Waals surface area (Å²) < 4.78 is 20.3. The largest absolute Gasteiger partial charge is 0.444 e. The van der Waals surface area contributed by atoms with E-state index in [2.05, 4.69) is 11.0 Å². The Bertz CT molecular complexity index is 1020. The Balaban J connectivity index is 1.93. The van der Waals surface area contributed by atoms with Crippen molar-refractivity contribution >= 4 is 23.4 Å². The Kier molecular flexibility index (Phi) is 7.30. The molecule has 1 heterocycles. The number of alkyl halides is 1. The fourth-order valence-electron chi connectivity index (χ4n) is 3.75. The monoisotopic (exact) mass is 457 g/mol. The predicted octanol–water partition coefficient (Wildman–Crippen LogP) is 6.36. The molecule has 1 atom stereocenters. The molecule has 1 fully saturated rings. The van der Waals surface area contributed by atoms with Gasteiger partial charge in [0.1, 0.15) is 11.8 Å². The van der Waals surface area contributed by atoms with E-state index < -0.39 is 11.8 Å². The third-order valence-electron chi connectivity index (χ3n) is 5.42. The number of rotatable bonds is 4. The number of carbonyl (C=O) groups excluding carboxylic acids is 1. The number of carbonyl (C=O) groups is 1. The van der Waals surface area contributed by atoms with E-state index in [1.54, 1.807) is 30.0 Å². The molecule has 1 amide bonds. The molecule has 32 heavy (non-hydrogen) atoms. The van der Waals surface area contributed by atoms with Gasteiger partial charge in [-0.2, -0.15) is 5.26 Å². The van der Waals surface area contributed by atoms with Crippen LogP contribution in [0.2, 0.25) is 5.02 Å². The van der Waals surface area contributed by atoms with E-state index >= 15 is 0 Å². The van der Waals surface area contributed by atoms with Crippen LogP contribution in [0.3, 0.4) is 0 Å². The molecule has 170 valence electrons. The average Bonchev–Trinajstić information content (AvgIpc) is 2.77. The number of piperazine rings is 1. The first-order valence-electron chi connectivity index (χ1n) is 10.8. The zero-order valence-electron chi connectivity index (χ0n) is 19.0. The fourth-order valence-corrected chi connectivity index (χ4v) is 4.08. The van der Waals surface area contributed by atoms with Crippen molar-refractivity contribution in [3.05, 3.63) is 52.5 Å². The molecule has 1 saturated heterocycles. The molecule has 1 aliphatic heterocycles. The van der Waals surface area contributed by atoms with Crippen LogP contribution in [0.1, 0.15) is 51.4 Å². The molecule has 1 aliphatic rings. The van der Waals surface area contributed by atoms with Crippen LogP contribution in [0, 0.1) is 11.3 Å². The highest BCUT2D eigenvalue weighted by Gasteiger charge is 2.27. The van der Waals surface area contributed by atoms with Gasteiger partial charge in [0, 0.05) is 48.6 Å². The van der Waals surface area contributed by atoms with Crippen LogP contribution >= 0.6 is 11.6 Å². The van der Waals surface area contributed by atoms with Crippen LogP contribution in [0.25, 0.3) is 11.1 Å². The molecule has 0 aliphatic carbocycles. The van der Waals surface area contributed by atoms with Gasteiger partial charge in [0.25, 0.3) is 0 Å². The minimum Gasteiger partial charge on any atom is -0.444 e. The predicted molar refractivity (Wildman–Crippen MR) is 126 cm³/mol. The van der Waals surface area contributed by atoms with Gasteiger partial charge in [-0.3, -0.25) is 0 Å². The van der Waals surface area contributed by atoms with Crippen molar-refractivity contribution in [2.75, 3.05) is 31.1 Å². The summed E-state index contributed by atoms with van der Waals surface area (Å²) in [5.74, 6) is 0. The Labute approximate surface area is 194 Å². The molecule has 0 bridgehead atoms. The summed E-state index contributed by atoms with van der Waals surface area (Å²) >= 11 is 6.65. The maximum atomic E-state index is 14.8. The molecule has 0 radical (unpaired) electrons. The molecular formula is C25H29ClFN3O2. The van der Waals surface area contributed by atoms with E-state index in [0.29, 0.717) is 59.9 Å². The summed E-state index contributed by atoms with van der Waals surface area (Å²) in [5, 5.41) is 9.88. The highest BCUT2D eigenvalue weighted by molar-refractivity contribution is 6.34. The summed E-state index contributed by atoms with van der Waals surface area (Å²) in [7, 11) is 0. The van der Waals surface area contributed by atoms with Crippen molar-refractivity contribution in [3.8, 4) is 17.2 Å². The van der Waals surface area contributed by atoms with Crippen LogP contribution in [0.5, 0.6) is 0 Å². The summed E-state index contributed by atoms with van der Waals surface area (Å²) in [5.41, 5.74) is 2.51. The van der Waals surface area contributed by atoms with Crippen molar-refractivity contribution in [2.24, 2.45) is 0 Å². The molecule has 0 N–H and O–H groups in total. The van der Waals surface area contributed by atoms with Crippen molar-refractivity contribution < 1.29 is 13.9 Å². The lowest BCUT2D eigenvalue weighted by molar-refractivity contribution is 0.0240. The van der Waals surface area contributed by atoms with Crippen LogP contribution in [-0.2, 0) is 4.74 Å². The molecule has 2 aromatic rings. The highest BCUT2D eigenvalue weighted by atomic mass is 35.5. The number of hydrogen-bond acceptors (Lipinski definition) is 4. The second kappa shape index (κ2) is 9.79. The number of benzene rings is 2. The van der Waals surface area contributed by atoms with Crippen molar-refractivity contribution in [1.29, 1.82) is 5.26 Å². The quantitative estimate of drug-likeness (QED) is 0.536. The van der Waals surface area contributed by atoms with Gasteiger partial charge in [-0.25, -0.2) is 9.18 Å². The van der Waals surface area contributed by atoms with E-state index in [9.17, 15) is 14.4 Å². The minimum atomic E-state index is -1.21. The van der Waals surface area contributed by atoms with Crippen molar-refractivity contribution in [2.45, 2.75) is 45.9 Å². The number of nitrogens with zero attached hydrogens (tertiary/aromatic N) is 3. The van der Waals surface area contributed by atoms with Gasteiger partial charge in [-0.15, -0.1) is 0 Å². The lowest BCUT2D eigenvalue weighted by Gasteiger charge is -2.37. The molecule has 0 spiro atoms. The van der Waals surface area contributed by atoms with Gasteiger partial charge < -0.3 is 14.5 Å². The average molecular weight is 458 g/mol. The SMILES string of the molecule is CCC(F)c1cc(N2CCN(C(=O)OC(C)(C)C)CC2)cc(-c2ccccc2C#N)c1Cl. The number of halogens is 2. The van der Waals surface area contributed by atoms with Gasteiger partial charge in [-0.1, -0.05) is 36.7 Å². The number of hydrogen-bond donors (Lipinski definition) is 0. The maximum absolute atomic E-state index is 14.8. The second-order valence-electron chi connectivity index (χ2n) is 8.88. The topological polar surface area (TPSA) is 56.6 Å². The van der Waals surface area contributed by atoms with Gasteiger partial charge in [0.2, 0.25) is 0 Å². The first-order chi connectivity index (χ1) is 15.1. The third kappa shape index (κ3) is 5.34. The van der Waals surface area contributed by atoms with E-state index in [4.69, 9.17) is 16.3 Å². The Morgan fingerprint density at radius 3 is 2.44 bits per heavy atom. The standard InChI is InChI=1S/C25H29ClFN3O2/c1-5-22(27)21-15-18(14-20(23(21)26)19-9-7-6-8-17(19)16-28)29-10-12-30(13-11-29)24(31)32-25(2,3)4/h6-9,14-15,22H,5,10-13H2,1-4H3. The van der Waals surface area contributed by atoms with Crippen LogP contribution in [-0.4, -0.2) is 42.8 Å². The lowest BCUT2D eigenvalue weighted by Crippen LogP contribution is -2.50. The Hall–Kier alpha value is -2.78. The van der Waals surface area contributed by atoms with Gasteiger partial charge in [0.15, 0.2) is 0 Å². The van der Waals surface area contributed by atoms with Crippen molar-refractivity contribution in [1.82, 2.24) is 4.90 Å². The first kappa shape index (κ1) is 23.9. The molecule has 3 rings (SSSR count). The molecule has 5 nitrogen and oxygen atoms in total. The van der Waals surface area contributed by atoms with Crippen molar-refractivity contribution in [3.63, 3.8) is 0 Å². The zero-order valence-corrected chi connectivity index (χ0v) is 19.7. The summed E-state index contributed by atoms with van der Waals surface area (Å²) in [6, 6.07) is 13.1. The molecular weight excluding hydrogens is 429 g/mol. The van der Waals surface area contributed by atoms with Gasteiger partial charge in [-0.05, 0) is 45.4 Å². The summed E-state index contributed by atoms with van der Waals surface area (Å²) in [6.45, 7) is 9.49. The molecule has 0 saturated carbocycles. The van der Waals surface area contributed by atoms with E-state index in [0.717, 1.165) is 5.69 Å². The van der Waals surface area contributed by atoms with Gasteiger partial charge in [0.05, 0.1) is 16.7 Å². The number of anilines is 1. The molecule has 7 heteroatoms. The normalized spacial score (nSPS) is 15.3. The zero-order chi connectivity index (χ0) is 23.5. The summed E-state index contributed by atoms with van der Waals surface area (Å²) in [6.07, 6.45) is -1.24. The van der Waals surface area contributed by atoms with E-state index in [1.807, 2.05) is 39.0 Å². The highest BCUT2D eigenvalue weighted by Crippen LogP contribution is 2.41. The van der Waals surface area contributed by atoms with Crippen LogP contribution in [0.15, 0.2) is 36.4 Å². The lowest BCUT2D eigenvalue weighted by atomic mass is 9.95. The number of ether oxygens (including phenoxy) is 1. The van der Waals surface area contributed by atoms with E-state index in [1.165, 1.54) is 0 Å². The Morgan fingerprint density at radius 1 is 1.19 bits per heavy atom. The van der Waals surface area contributed by atoms with Crippen LogP contribution in [0.4, 0.5) is 14.9 Å². The van der Waals surface area contributed by atoms with Gasteiger partial charge >= 0.3 is 6.09 Å². The minimum absolute atomic E-state index is 0.301. The first-order valence-corrected chi connectivity index (χ1v) is 11.2. The fraction of sp³-hybridized carbons (Fsp3) is 0.440. The van der Waals surface area contributed by atoms with Crippen LogP contribution < -0.4 is 4.90 Å². The molecule has 0 aromatic heterocycles. The number of nitriles is 1. The summed E-state index contributed by atoms with van der Waals surface area (Å²) in [4.78, 5) is 16.2. The second-order valence-corrected chi connectivity index (χ2v) is 9.26. The van der Waals surface area contributed by atoms with E-state index in [-0.39, 0.29) is 6.09 Å².